The number of esters is 1. The molecule has 1 fully saturated rings. The number of rotatable bonds is 2. The molecule has 0 saturated carbocycles. The van der Waals surface area contributed by atoms with Gasteiger partial charge in [0.15, 0.2) is 5.79 Å². The molecule has 1 aliphatic heterocycles. The van der Waals surface area contributed by atoms with Gasteiger partial charge in [-0.3, -0.25) is 0 Å². The molecular weight excluding hydrogens is 389 g/mol. The van der Waals surface area contributed by atoms with Crippen LogP contribution in [-0.2, 0) is 19.8 Å². The molecule has 8 heteroatoms. The summed E-state index contributed by atoms with van der Waals surface area (Å²) < 4.78 is 59.8. The zero-order valence-electron chi connectivity index (χ0n) is 17.0. The minimum absolute atomic E-state index is 0.0128. The number of alkyl halides is 3. The van der Waals surface area contributed by atoms with Gasteiger partial charge in [0.25, 0.3) is 0 Å². The Morgan fingerprint density at radius 2 is 1.76 bits per heavy atom. The smallest absolute Gasteiger partial charge is 0.397 e. The van der Waals surface area contributed by atoms with Gasteiger partial charge in [-0.15, -0.1) is 0 Å². The molecule has 0 aromatic heterocycles. The molecule has 0 radical (unpaired) electrons. The minimum Gasteiger partial charge on any atom is -0.465 e. The van der Waals surface area contributed by atoms with Gasteiger partial charge < -0.3 is 19.3 Å². The summed E-state index contributed by atoms with van der Waals surface area (Å²) in [7, 11) is 1.13. The number of hydrogen-bond acceptors (Lipinski definition) is 5. The summed E-state index contributed by atoms with van der Waals surface area (Å²) in [6.45, 7) is 5.76. The molecule has 1 spiro atoms. The SMILES string of the molecule is COC(=O)c1ccccc1C1(O)C(C)=CC2(CC1(C)C(F)(F)F)OC(C)C(C)O2. The van der Waals surface area contributed by atoms with E-state index in [0.29, 0.717) is 0 Å². The van der Waals surface area contributed by atoms with E-state index < -0.39 is 47.6 Å². The Balaban J connectivity index is 2.28. The van der Waals surface area contributed by atoms with Gasteiger partial charge in [0.05, 0.1) is 24.9 Å². The number of methoxy groups -OCH3 is 1. The summed E-state index contributed by atoms with van der Waals surface area (Å²) in [4.78, 5) is 12.2. The molecule has 0 amide bonds. The van der Waals surface area contributed by atoms with Crippen molar-refractivity contribution in [3.8, 4) is 0 Å². The van der Waals surface area contributed by atoms with E-state index in [4.69, 9.17) is 14.2 Å². The van der Waals surface area contributed by atoms with Crippen molar-refractivity contribution >= 4 is 5.97 Å². The van der Waals surface area contributed by atoms with Crippen LogP contribution in [0.5, 0.6) is 0 Å². The molecule has 1 heterocycles. The van der Waals surface area contributed by atoms with Crippen molar-refractivity contribution in [3.63, 3.8) is 0 Å². The molecule has 0 bridgehead atoms. The number of carbonyl (C=O) groups is 1. The Hall–Kier alpha value is -1.90. The molecule has 1 aromatic rings. The first-order chi connectivity index (χ1) is 13.3. The first-order valence-electron chi connectivity index (χ1n) is 9.34. The average Bonchev–Trinajstić information content (AvgIpc) is 2.90. The average molecular weight is 414 g/mol. The maximum absolute atomic E-state index is 14.5. The molecule has 2 aliphatic rings. The Labute approximate surface area is 167 Å². The van der Waals surface area contributed by atoms with Gasteiger partial charge in [0.1, 0.15) is 11.0 Å². The van der Waals surface area contributed by atoms with Crippen LogP contribution in [0, 0.1) is 5.41 Å². The molecule has 1 aliphatic carbocycles. The van der Waals surface area contributed by atoms with E-state index in [1.165, 1.54) is 37.3 Å². The third-order valence-electron chi connectivity index (χ3n) is 6.19. The highest BCUT2D eigenvalue weighted by Crippen LogP contribution is 2.62. The molecule has 160 valence electrons. The van der Waals surface area contributed by atoms with E-state index in [-0.39, 0.29) is 16.7 Å². The summed E-state index contributed by atoms with van der Waals surface area (Å²) in [6, 6.07) is 5.62. The zero-order valence-corrected chi connectivity index (χ0v) is 17.0. The highest BCUT2D eigenvalue weighted by molar-refractivity contribution is 5.91. The van der Waals surface area contributed by atoms with Crippen LogP contribution < -0.4 is 0 Å². The van der Waals surface area contributed by atoms with Crippen LogP contribution in [0.25, 0.3) is 0 Å². The number of benzene rings is 1. The number of ether oxygens (including phenoxy) is 3. The third-order valence-corrected chi connectivity index (χ3v) is 6.19. The van der Waals surface area contributed by atoms with Crippen molar-refractivity contribution in [2.75, 3.05) is 7.11 Å². The first kappa shape index (κ1) is 21.8. The lowest BCUT2D eigenvalue weighted by Gasteiger charge is -2.53. The van der Waals surface area contributed by atoms with E-state index in [9.17, 15) is 23.1 Å². The van der Waals surface area contributed by atoms with E-state index in [1.54, 1.807) is 13.8 Å². The van der Waals surface area contributed by atoms with E-state index in [2.05, 4.69) is 0 Å². The normalized spacial score (nSPS) is 37.5. The summed E-state index contributed by atoms with van der Waals surface area (Å²) in [6.07, 6.45) is -4.93. The monoisotopic (exact) mass is 414 g/mol. The Bertz CT molecular complexity index is 839. The molecule has 1 N–H and O–H groups in total. The van der Waals surface area contributed by atoms with Crippen LogP contribution in [0.1, 0.15) is 50.0 Å². The minimum atomic E-state index is -4.84. The van der Waals surface area contributed by atoms with Crippen LogP contribution in [-0.4, -0.2) is 42.4 Å². The standard InChI is InChI=1S/C21H25F3O5/c1-12-10-19(28-13(2)14(3)29-19)11-18(4,21(22,23)24)20(12,26)16-9-7-6-8-15(16)17(25)27-5/h6-10,13-14,26H,11H2,1-5H3. The molecular formula is C21H25F3O5. The fourth-order valence-electron chi connectivity index (χ4n) is 4.44. The number of aliphatic hydroxyl groups is 1. The quantitative estimate of drug-likeness (QED) is 0.583. The molecule has 5 nitrogen and oxygen atoms in total. The van der Waals surface area contributed by atoms with Gasteiger partial charge in [0.2, 0.25) is 0 Å². The van der Waals surface area contributed by atoms with Gasteiger partial charge in [-0.25, -0.2) is 4.79 Å². The lowest BCUT2D eigenvalue weighted by atomic mass is 9.58. The molecule has 29 heavy (non-hydrogen) atoms. The van der Waals surface area contributed by atoms with Crippen LogP contribution in [0.4, 0.5) is 13.2 Å². The largest absolute Gasteiger partial charge is 0.465 e. The van der Waals surface area contributed by atoms with Crippen LogP contribution in [0.2, 0.25) is 0 Å². The van der Waals surface area contributed by atoms with Gasteiger partial charge in [0, 0.05) is 12.0 Å². The predicted molar refractivity (Wildman–Crippen MR) is 98.0 cm³/mol. The lowest BCUT2D eigenvalue weighted by Crippen LogP contribution is -2.60. The van der Waals surface area contributed by atoms with Crippen molar-refractivity contribution in [1.29, 1.82) is 0 Å². The van der Waals surface area contributed by atoms with Crippen molar-refractivity contribution < 1.29 is 37.3 Å². The fourth-order valence-corrected chi connectivity index (χ4v) is 4.44. The van der Waals surface area contributed by atoms with E-state index >= 15 is 0 Å². The number of hydrogen-bond donors (Lipinski definition) is 1. The molecule has 4 atom stereocenters. The second-order valence-corrected chi connectivity index (χ2v) is 8.04. The molecule has 4 unspecified atom stereocenters. The van der Waals surface area contributed by atoms with Crippen molar-refractivity contribution in [2.45, 2.75) is 63.9 Å². The lowest BCUT2D eigenvalue weighted by molar-refractivity contribution is -0.309. The van der Waals surface area contributed by atoms with Crippen molar-refractivity contribution in [3.05, 3.63) is 47.0 Å². The number of carbonyl (C=O) groups excluding carboxylic acids is 1. The Morgan fingerprint density at radius 3 is 2.28 bits per heavy atom. The summed E-state index contributed by atoms with van der Waals surface area (Å²) in [5, 5.41) is 11.7. The molecule has 1 aromatic carbocycles. The maximum Gasteiger partial charge on any atom is 0.397 e. The molecule has 3 rings (SSSR count). The third kappa shape index (κ3) is 3.08. The van der Waals surface area contributed by atoms with Crippen molar-refractivity contribution in [1.82, 2.24) is 0 Å². The predicted octanol–water partition coefficient (Wildman–Crippen LogP) is 4.10. The first-order valence-corrected chi connectivity index (χ1v) is 9.34. The van der Waals surface area contributed by atoms with Crippen LogP contribution >= 0.6 is 0 Å². The van der Waals surface area contributed by atoms with Gasteiger partial charge >= 0.3 is 12.1 Å². The van der Waals surface area contributed by atoms with Crippen LogP contribution in [0.15, 0.2) is 35.9 Å². The van der Waals surface area contributed by atoms with Gasteiger partial charge in [-0.2, -0.15) is 13.2 Å². The second-order valence-electron chi connectivity index (χ2n) is 8.04. The van der Waals surface area contributed by atoms with Crippen LogP contribution in [0.3, 0.4) is 0 Å². The highest BCUT2D eigenvalue weighted by atomic mass is 19.4. The molecule has 1 saturated heterocycles. The summed E-state index contributed by atoms with van der Waals surface area (Å²) in [5.41, 5.74) is -5.54. The fraction of sp³-hybridized carbons (Fsp3) is 0.571. The topological polar surface area (TPSA) is 65.0 Å². The maximum atomic E-state index is 14.5. The van der Waals surface area contributed by atoms with Gasteiger partial charge in [-0.1, -0.05) is 18.2 Å². The van der Waals surface area contributed by atoms with E-state index in [0.717, 1.165) is 14.0 Å². The highest BCUT2D eigenvalue weighted by Gasteiger charge is 2.70. The Kier molecular flexibility index (Phi) is 5.13. The Morgan fingerprint density at radius 1 is 1.21 bits per heavy atom. The summed E-state index contributed by atoms with van der Waals surface area (Å²) in [5.74, 6) is -2.44. The van der Waals surface area contributed by atoms with E-state index in [1.807, 2.05) is 0 Å². The number of halogens is 3. The zero-order chi connectivity index (χ0) is 21.8. The van der Waals surface area contributed by atoms with Gasteiger partial charge in [-0.05, 0) is 45.4 Å². The summed E-state index contributed by atoms with van der Waals surface area (Å²) >= 11 is 0. The van der Waals surface area contributed by atoms with Crippen molar-refractivity contribution in [2.24, 2.45) is 5.41 Å². The second kappa shape index (κ2) is 6.82.